The van der Waals surface area contributed by atoms with Gasteiger partial charge in [0.2, 0.25) is 0 Å². The summed E-state index contributed by atoms with van der Waals surface area (Å²) in [7, 11) is 2.03. The molecule has 4 heteroatoms. The van der Waals surface area contributed by atoms with Crippen LogP contribution in [0, 0.1) is 0 Å². The molecule has 1 aromatic rings. The minimum atomic E-state index is -0.193. The molecule has 1 heterocycles. The number of hydrogen-bond acceptors (Lipinski definition) is 3. The van der Waals surface area contributed by atoms with Crippen molar-refractivity contribution < 1.29 is 5.11 Å². The Morgan fingerprint density at radius 2 is 2.19 bits per heavy atom. The summed E-state index contributed by atoms with van der Waals surface area (Å²) in [6, 6.07) is 0. The molecule has 0 saturated heterocycles. The van der Waals surface area contributed by atoms with Crippen LogP contribution in [0.25, 0.3) is 0 Å². The average Bonchev–Trinajstić information content (AvgIpc) is 2.66. The number of rotatable bonds is 6. The van der Waals surface area contributed by atoms with E-state index in [1.807, 2.05) is 33.4 Å². The minimum absolute atomic E-state index is 0.158. The van der Waals surface area contributed by atoms with Crippen molar-refractivity contribution >= 4 is 0 Å². The summed E-state index contributed by atoms with van der Waals surface area (Å²) in [6.45, 7) is 8.20. The summed E-state index contributed by atoms with van der Waals surface area (Å²) in [5, 5.41) is 9.30. The highest BCUT2D eigenvalue weighted by Gasteiger charge is 2.23. The number of aromatic nitrogens is 2. The number of aryl methyl sites for hydroxylation is 1. The van der Waals surface area contributed by atoms with Crippen LogP contribution in [0.3, 0.4) is 0 Å². The van der Waals surface area contributed by atoms with Crippen LogP contribution in [0.4, 0.5) is 0 Å². The van der Waals surface area contributed by atoms with E-state index in [0.29, 0.717) is 0 Å². The summed E-state index contributed by atoms with van der Waals surface area (Å²) >= 11 is 0. The molecule has 92 valence electrons. The molecule has 0 aliphatic carbocycles. The van der Waals surface area contributed by atoms with E-state index in [-0.39, 0.29) is 12.1 Å². The normalized spacial score (nSPS) is 12.4. The zero-order valence-electron chi connectivity index (χ0n) is 10.8. The van der Waals surface area contributed by atoms with Crippen molar-refractivity contribution in [3.05, 3.63) is 18.2 Å². The summed E-state index contributed by atoms with van der Waals surface area (Å²) in [5.74, 6) is 0. The molecule has 0 amide bonds. The third-order valence-electron chi connectivity index (χ3n) is 3.08. The van der Waals surface area contributed by atoms with Crippen LogP contribution in [0.2, 0.25) is 0 Å². The predicted octanol–water partition coefficient (Wildman–Crippen LogP) is 1.50. The lowest BCUT2D eigenvalue weighted by molar-refractivity contribution is 0.0716. The van der Waals surface area contributed by atoms with Gasteiger partial charge in [-0.15, -0.1) is 0 Å². The number of aliphatic hydroxyl groups excluding tert-OH is 1. The summed E-state index contributed by atoms with van der Waals surface area (Å²) in [4.78, 5) is 6.32. The van der Waals surface area contributed by atoms with Crippen LogP contribution in [-0.2, 0) is 13.1 Å². The van der Waals surface area contributed by atoms with Gasteiger partial charge in [0, 0.05) is 24.8 Å². The maximum atomic E-state index is 9.30. The van der Waals surface area contributed by atoms with Crippen molar-refractivity contribution in [1.29, 1.82) is 0 Å². The van der Waals surface area contributed by atoms with E-state index < -0.39 is 0 Å². The maximum absolute atomic E-state index is 9.30. The van der Waals surface area contributed by atoms with Crippen LogP contribution < -0.4 is 0 Å². The van der Waals surface area contributed by atoms with Crippen molar-refractivity contribution in [2.24, 2.45) is 0 Å². The first kappa shape index (κ1) is 13.2. The van der Waals surface area contributed by atoms with Gasteiger partial charge in [-0.3, -0.25) is 4.90 Å². The highest BCUT2D eigenvalue weighted by molar-refractivity contribution is 4.99. The van der Waals surface area contributed by atoms with Gasteiger partial charge in [-0.2, -0.15) is 0 Å². The molecule has 0 radical (unpaired) electrons. The van der Waals surface area contributed by atoms with E-state index in [9.17, 15) is 5.11 Å². The van der Waals surface area contributed by atoms with Crippen LogP contribution in [0.15, 0.2) is 12.5 Å². The smallest absolute Gasteiger partial charge is 0.0948 e. The average molecular weight is 225 g/mol. The largest absolute Gasteiger partial charge is 0.394 e. The van der Waals surface area contributed by atoms with Crippen molar-refractivity contribution in [3.8, 4) is 0 Å². The second-order valence-corrected chi connectivity index (χ2v) is 4.90. The van der Waals surface area contributed by atoms with E-state index in [1.54, 1.807) is 0 Å². The first-order valence-electron chi connectivity index (χ1n) is 5.82. The van der Waals surface area contributed by atoms with E-state index in [2.05, 4.69) is 21.4 Å². The Morgan fingerprint density at radius 3 is 2.75 bits per heavy atom. The summed E-state index contributed by atoms with van der Waals surface area (Å²) < 4.78 is 2.17. The van der Waals surface area contributed by atoms with Crippen molar-refractivity contribution in [2.75, 3.05) is 13.7 Å². The van der Waals surface area contributed by atoms with Crippen molar-refractivity contribution in [2.45, 2.75) is 45.8 Å². The van der Waals surface area contributed by atoms with E-state index >= 15 is 0 Å². The van der Waals surface area contributed by atoms with Crippen LogP contribution in [0.5, 0.6) is 0 Å². The fourth-order valence-electron chi connectivity index (χ4n) is 1.50. The lowest BCUT2D eigenvalue weighted by Crippen LogP contribution is -2.43. The highest BCUT2D eigenvalue weighted by atomic mass is 16.3. The lowest BCUT2D eigenvalue weighted by Gasteiger charge is -2.33. The van der Waals surface area contributed by atoms with Gasteiger partial charge in [-0.25, -0.2) is 4.98 Å². The first-order chi connectivity index (χ1) is 7.51. The monoisotopic (exact) mass is 225 g/mol. The zero-order chi connectivity index (χ0) is 12.2. The Balaban J connectivity index is 2.69. The molecule has 0 unspecified atom stereocenters. The van der Waals surface area contributed by atoms with Gasteiger partial charge in [0.25, 0.3) is 0 Å². The summed E-state index contributed by atoms with van der Waals surface area (Å²) in [5.41, 5.74) is 1.01. The van der Waals surface area contributed by atoms with Gasteiger partial charge < -0.3 is 9.67 Å². The van der Waals surface area contributed by atoms with E-state index in [1.165, 1.54) is 5.69 Å². The molecule has 1 aromatic heterocycles. The SMILES string of the molecule is CCCn1cncc1CN(C)C(C)(C)CO. The lowest BCUT2D eigenvalue weighted by atomic mass is 10.1. The van der Waals surface area contributed by atoms with E-state index in [0.717, 1.165) is 19.5 Å². The molecule has 4 nitrogen and oxygen atoms in total. The minimum Gasteiger partial charge on any atom is -0.394 e. The third kappa shape index (κ3) is 3.06. The number of hydrogen-bond donors (Lipinski definition) is 1. The molecular weight excluding hydrogens is 202 g/mol. The molecule has 1 N–H and O–H groups in total. The second-order valence-electron chi connectivity index (χ2n) is 4.90. The van der Waals surface area contributed by atoms with Crippen LogP contribution >= 0.6 is 0 Å². The molecule has 0 spiro atoms. The zero-order valence-corrected chi connectivity index (χ0v) is 10.8. The molecule has 0 bridgehead atoms. The van der Waals surface area contributed by atoms with Crippen molar-refractivity contribution in [3.63, 3.8) is 0 Å². The molecule has 0 fully saturated rings. The molecule has 1 rings (SSSR count). The van der Waals surface area contributed by atoms with Crippen LogP contribution in [-0.4, -0.2) is 38.8 Å². The Bertz CT molecular complexity index is 320. The molecule has 0 saturated carbocycles. The number of nitrogens with zero attached hydrogens (tertiary/aromatic N) is 3. The van der Waals surface area contributed by atoms with Gasteiger partial charge in [0.05, 0.1) is 18.6 Å². The summed E-state index contributed by atoms with van der Waals surface area (Å²) in [6.07, 6.45) is 4.88. The molecule has 0 aromatic carbocycles. The number of imidazole rings is 1. The second kappa shape index (κ2) is 5.46. The molecular formula is C12H23N3O. The molecule has 0 aliphatic heterocycles. The van der Waals surface area contributed by atoms with Gasteiger partial charge in [0.15, 0.2) is 0 Å². The predicted molar refractivity (Wildman–Crippen MR) is 65.1 cm³/mol. The molecule has 0 aliphatic rings. The highest BCUT2D eigenvalue weighted by Crippen LogP contribution is 2.15. The third-order valence-corrected chi connectivity index (χ3v) is 3.08. The Kier molecular flexibility index (Phi) is 4.50. The topological polar surface area (TPSA) is 41.3 Å². The van der Waals surface area contributed by atoms with E-state index in [4.69, 9.17) is 0 Å². The fourth-order valence-corrected chi connectivity index (χ4v) is 1.50. The van der Waals surface area contributed by atoms with Gasteiger partial charge >= 0.3 is 0 Å². The Morgan fingerprint density at radius 1 is 1.50 bits per heavy atom. The van der Waals surface area contributed by atoms with Gasteiger partial charge in [-0.05, 0) is 27.3 Å². The molecule has 0 atom stereocenters. The number of likely N-dealkylation sites (N-methyl/N-ethyl adjacent to an activating group) is 1. The maximum Gasteiger partial charge on any atom is 0.0948 e. The Hall–Kier alpha value is -0.870. The van der Waals surface area contributed by atoms with Crippen molar-refractivity contribution in [1.82, 2.24) is 14.5 Å². The quantitative estimate of drug-likeness (QED) is 0.797. The number of aliphatic hydroxyl groups is 1. The van der Waals surface area contributed by atoms with Crippen LogP contribution in [0.1, 0.15) is 32.9 Å². The Labute approximate surface area is 97.9 Å². The van der Waals surface area contributed by atoms with Gasteiger partial charge in [-0.1, -0.05) is 6.92 Å². The first-order valence-corrected chi connectivity index (χ1v) is 5.82. The molecule has 16 heavy (non-hydrogen) atoms. The van der Waals surface area contributed by atoms with Gasteiger partial charge in [0.1, 0.15) is 0 Å². The standard InChI is InChI=1S/C12H23N3O/c1-5-6-15-10-13-7-11(15)8-14(4)12(2,3)9-16/h7,10,16H,5-6,8-9H2,1-4H3. The fraction of sp³-hybridized carbons (Fsp3) is 0.750.